The van der Waals surface area contributed by atoms with Gasteiger partial charge in [-0.15, -0.1) is 10.3 Å². The minimum absolute atomic E-state index is 0.0737. The first-order valence-corrected chi connectivity index (χ1v) is 5.03. The molecule has 0 amide bonds. The Morgan fingerprint density at radius 2 is 1.77 bits per heavy atom. The average Bonchev–Trinajstić information content (AvgIpc) is 2.12. The molecule has 0 aromatic heterocycles. The quantitative estimate of drug-likeness (QED) is 0.770. The molecule has 1 N–H and O–H groups in total. The van der Waals surface area contributed by atoms with Gasteiger partial charge in [0.2, 0.25) is 0 Å². The second-order valence-corrected chi connectivity index (χ2v) is 5.16. The minimum atomic E-state index is -0.614. The summed E-state index contributed by atoms with van der Waals surface area (Å²) in [4.78, 5) is 0. The summed E-state index contributed by atoms with van der Waals surface area (Å²) in [6.07, 6.45) is 0. The Labute approximate surface area is 87.1 Å². The Bertz CT molecular complexity index is 258. The van der Waals surface area contributed by atoms with E-state index in [1.165, 1.54) is 0 Å². The average molecular weight is 249 g/mol. The fourth-order valence-electron chi connectivity index (χ4n) is 1.81. The van der Waals surface area contributed by atoms with Crippen LogP contribution in [-0.4, -0.2) is 27.9 Å². The SMILES string of the molecule is CC1(C)C(Br)=C(CO)C(C)(C)N1[O]. The molecule has 1 aliphatic rings. The number of aliphatic hydroxyl groups is 1. The van der Waals surface area contributed by atoms with E-state index < -0.39 is 11.1 Å². The molecule has 0 aliphatic carbocycles. The van der Waals surface area contributed by atoms with E-state index in [0.29, 0.717) is 0 Å². The van der Waals surface area contributed by atoms with Gasteiger partial charge in [0.15, 0.2) is 0 Å². The Morgan fingerprint density at radius 3 is 1.92 bits per heavy atom. The summed E-state index contributed by atoms with van der Waals surface area (Å²) in [7, 11) is 0. The lowest BCUT2D eigenvalue weighted by Gasteiger charge is -2.33. The van der Waals surface area contributed by atoms with Gasteiger partial charge in [0.25, 0.3) is 0 Å². The van der Waals surface area contributed by atoms with Gasteiger partial charge in [-0.1, -0.05) is 15.9 Å². The molecule has 0 fully saturated rings. The smallest absolute Gasteiger partial charge is 0.0761 e. The molecule has 0 bridgehead atoms. The fraction of sp³-hybridized carbons (Fsp3) is 0.778. The van der Waals surface area contributed by atoms with E-state index in [-0.39, 0.29) is 6.61 Å². The summed E-state index contributed by atoms with van der Waals surface area (Å²) in [5, 5.41) is 22.1. The molecule has 1 heterocycles. The van der Waals surface area contributed by atoms with Crippen LogP contribution in [0, 0.1) is 0 Å². The van der Waals surface area contributed by atoms with Crippen molar-refractivity contribution in [1.29, 1.82) is 0 Å². The highest BCUT2D eigenvalue weighted by molar-refractivity contribution is 9.11. The second kappa shape index (κ2) is 3.05. The Morgan fingerprint density at radius 1 is 1.31 bits per heavy atom. The van der Waals surface area contributed by atoms with Crippen molar-refractivity contribution in [1.82, 2.24) is 5.06 Å². The molecule has 1 aliphatic heterocycles. The van der Waals surface area contributed by atoms with E-state index in [4.69, 9.17) is 5.11 Å². The van der Waals surface area contributed by atoms with Gasteiger partial charge in [-0.05, 0) is 33.3 Å². The third-order valence-corrected chi connectivity index (χ3v) is 4.16. The maximum absolute atomic E-state index is 11.9. The molecule has 1 rings (SSSR count). The van der Waals surface area contributed by atoms with E-state index in [9.17, 15) is 5.21 Å². The van der Waals surface area contributed by atoms with Crippen molar-refractivity contribution in [2.45, 2.75) is 38.8 Å². The van der Waals surface area contributed by atoms with Crippen molar-refractivity contribution >= 4 is 15.9 Å². The van der Waals surface area contributed by atoms with Gasteiger partial charge in [-0.3, -0.25) is 0 Å². The maximum Gasteiger partial charge on any atom is 0.0761 e. The zero-order valence-electron chi connectivity index (χ0n) is 8.39. The summed E-state index contributed by atoms with van der Waals surface area (Å²) < 4.78 is 0.808. The summed E-state index contributed by atoms with van der Waals surface area (Å²) in [5.74, 6) is 0. The molecule has 0 saturated carbocycles. The summed E-state index contributed by atoms with van der Waals surface area (Å²) in [5.41, 5.74) is -0.411. The molecule has 3 nitrogen and oxygen atoms in total. The molecular formula is C9H15BrNO2. The van der Waals surface area contributed by atoms with Gasteiger partial charge < -0.3 is 5.11 Å². The van der Waals surface area contributed by atoms with Crippen LogP contribution in [0.1, 0.15) is 27.7 Å². The number of hydrogen-bond acceptors (Lipinski definition) is 2. The van der Waals surface area contributed by atoms with Crippen molar-refractivity contribution in [3.05, 3.63) is 10.1 Å². The normalized spacial score (nSPS) is 27.0. The third-order valence-electron chi connectivity index (χ3n) is 2.71. The molecule has 4 heteroatoms. The van der Waals surface area contributed by atoms with E-state index in [1.807, 2.05) is 27.7 Å². The van der Waals surface area contributed by atoms with Crippen LogP contribution < -0.4 is 0 Å². The van der Waals surface area contributed by atoms with Crippen molar-refractivity contribution < 1.29 is 10.3 Å². The number of hydrogen-bond donors (Lipinski definition) is 1. The van der Waals surface area contributed by atoms with Crippen LogP contribution in [0.15, 0.2) is 10.1 Å². The van der Waals surface area contributed by atoms with Gasteiger partial charge in [-0.2, -0.15) is 0 Å². The number of nitrogens with zero attached hydrogens (tertiary/aromatic N) is 1. The molecule has 0 aromatic rings. The monoisotopic (exact) mass is 248 g/mol. The summed E-state index contributed by atoms with van der Waals surface area (Å²) in [6, 6.07) is 0. The van der Waals surface area contributed by atoms with E-state index in [2.05, 4.69) is 15.9 Å². The van der Waals surface area contributed by atoms with E-state index in [0.717, 1.165) is 15.1 Å². The Balaban J connectivity index is 3.23. The van der Waals surface area contributed by atoms with Crippen molar-refractivity contribution in [3.63, 3.8) is 0 Å². The number of aliphatic hydroxyl groups excluding tert-OH is 1. The Kier molecular flexibility index (Phi) is 2.62. The van der Waals surface area contributed by atoms with Crippen LogP contribution in [0.2, 0.25) is 0 Å². The number of rotatable bonds is 1. The van der Waals surface area contributed by atoms with Gasteiger partial charge in [0, 0.05) is 4.48 Å². The van der Waals surface area contributed by atoms with Crippen molar-refractivity contribution in [2.75, 3.05) is 6.61 Å². The van der Waals surface area contributed by atoms with E-state index in [1.54, 1.807) is 0 Å². The predicted molar refractivity (Wildman–Crippen MR) is 53.7 cm³/mol. The van der Waals surface area contributed by atoms with Crippen LogP contribution in [0.5, 0.6) is 0 Å². The zero-order valence-corrected chi connectivity index (χ0v) is 9.97. The van der Waals surface area contributed by atoms with Gasteiger partial charge in [0.05, 0.1) is 17.7 Å². The minimum Gasteiger partial charge on any atom is -0.392 e. The third kappa shape index (κ3) is 1.36. The molecule has 75 valence electrons. The highest BCUT2D eigenvalue weighted by Gasteiger charge is 2.50. The Hall–Kier alpha value is 0.1000. The standard InChI is InChI=1S/C9H15BrNO2/c1-8(2)6(5-12)7(10)9(3,4)11(8)13/h12H,5H2,1-4H3. The lowest BCUT2D eigenvalue weighted by molar-refractivity contribution is -0.239. The maximum atomic E-state index is 11.9. The molecule has 0 aromatic carbocycles. The van der Waals surface area contributed by atoms with E-state index >= 15 is 0 Å². The van der Waals surface area contributed by atoms with Crippen LogP contribution in [0.4, 0.5) is 0 Å². The van der Waals surface area contributed by atoms with Crippen LogP contribution in [0.3, 0.4) is 0 Å². The largest absolute Gasteiger partial charge is 0.392 e. The van der Waals surface area contributed by atoms with Gasteiger partial charge >= 0.3 is 0 Å². The lowest BCUT2D eigenvalue weighted by atomic mass is 9.97. The number of halogens is 1. The van der Waals surface area contributed by atoms with Crippen LogP contribution >= 0.6 is 15.9 Å². The highest BCUT2D eigenvalue weighted by atomic mass is 79.9. The first kappa shape index (κ1) is 11.2. The highest BCUT2D eigenvalue weighted by Crippen LogP contribution is 2.46. The summed E-state index contributed by atoms with van der Waals surface area (Å²) in [6.45, 7) is 7.25. The molecule has 13 heavy (non-hydrogen) atoms. The van der Waals surface area contributed by atoms with Crippen LogP contribution in [0.25, 0.3) is 0 Å². The molecular weight excluding hydrogens is 234 g/mol. The first-order chi connectivity index (χ1) is 5.76. The predicted octanol–water partition coefficient (Wildman–Crippen LogP) is 1.85. The molecule has 0 saturated heterocycles. The first-order valence-electron chi connectivity index (χ1n) is 4.24. The fourth-order valence-corrected chi connectivity index (χ4v) is 2.58. The topological polar surface area (TPSA) is 43.4 Å². The number of hydroxylamine groups is 2. The molecule has 0 unspecified atom stereocenters. The molecule has 0 spiro atoms. The van der Waals surface area contributed by atoms with Crippen molar-refractivity contribution in [3.8, 4) is 0 Å². The van der Waals surface area contributed by atoms with Crippen LogP contribution in [-0.2, 0) is 5.21 Å². The van der Waals surface area contributed by atoms with Gasteiger partial charge in [0.1, 0.15) is 0 Å². The van der Waals surface area contributed by atoms with Gasteiger partial charge in [-0.25, -0.2) is 0 Å². The summed E-state index contributed by atoms with van der Waals surface area (Å²) >= 11 is 3.38. The molecule has 0 atom stereocenters. The lowest BCUT2D eigenvalue weighted by Crippen LogP contribution is -2.47. The van der Waals surface area contributed by atoms with Crippen molar-refractivity contribution in [2.24, 2.45) is 0 Å². The second-order valence-electron chi connectivity index (χ2n) is 4.36. The molecule has 1 radical (unpaired) electrons. The zero-order chi connectivity index (χ0) is 10.4.